The van der Waals surface area contributed by atoms with Gasteiger partial charge in [0.2, 0.25) is 6.04 Å². The van der Waals surface area contributed by atoms with Gasteiger partial charge in [0, 0.05) is 0 Å². The number of carbonyl (C=O) groups is 2. The maximum atomic E-state index is 11.1. The smallest absolute Gasteiger partial charge is 0.340 e. The van der Waals surface area contributed by atoms with Crippen molar-refractivity contribution in [2.75, 3.05) is 6.61 Å². The van der Waals surface area contributed by atoms with Crippen LogP contribution in [0.2, 0.25) is 0 Å². The van der Waals surface area contributed by atoms with Crippen LogP contribution in [0.1, 0.15) is 13.8 Å². The molecule has 0 bridgehead atoms. The Labute approximate surface area is 75.3 Å². The number of nitrogens with one attached hydrogen (secondary N) is 2. The summed E-state index contributed by atoms with van der Waals surface area (Å²) in [6, 6.07) is -1.07. The normalized spacial score (nSPS) is 21.2. The number of amides is 1. The van der Waals surface area contributed by atoms with E-state index < -0.39 is 17.9 Å². The number of hydrogen-bond acceptors (Lipinski definition) is 5. The van der Waals surface area contributed by atoms with E-state index in [1.165, 1.54) is 0 Å². The van der Waals surface area contributed by atoms with E-state index in [9.17, 15) is 9.59 Å². The summed E-state index contributed by atoms with van der Waals surface area (Å²) >= 11 is 0. The second kappa shape index (κ2) is 3.88. The van der Waals surface area contributed by atoms with Gasteiger partial charge in [-0.1, -0.05) is 0 Å². The molecule has 72 valence electrons. The largest absolute Gasteiger partial charge is 0.464 e. The van der Waals surface area contributed by atoms with E-state index in [0.29, 0.717) is 5.84 Å². The molecule has 0 aliphatic carbocycles. The Morgan fingerprint density at radius 3 is 2.92 bits per heavy atom. The first-order valence-electron chi connectivity index (χ1n) is 3.92. The van der Waals surface area contributed by atoms with Crippen molar-refractivity contribution in [2.24, 2.45) is 4.99 Å². The van der Waals surface area contributed by atoms with Crippen molar-refractivity contribution in [3.63, 3.8) is 0 Å². The predicted octanol–water partition coefficient (Wildman–Crippen LogP) is -1.03. The lowest BCUT2D eigenvalue weighted by atomic mass is 10.3. The fourth-order valence-electron chi connectivity index (χ4n) is 0.886. The van der Waals surface area contributed by atoms with Crippen LogP contribution in [0, 0.1) is 0 Å². The number of hydrazine groups is 1. The van der Waals surface area contributed by atoms with E-state index in [0.717, 1.165) is 0 Å². The Hall–Kier alpha value is -1.59. The van der Waals surface area contributed by atoms with E-state index >= 15 is 0 Å². The zero-order valence-electron chi connectivity index (χ0n) is 7.46. The predicted molar refractivity (Wildman–Crippen MR) is 44.8 cm³/mol. The van der Waals surface area contributed by atoms with E-state index in [2.05, 4.69) is 20.6 Å². The number of hydrogen-bond donors (Lipinski definition) is 2. The van der Waals surface area contributed by atoms with Gasteiger partial charge in [0.1, 0.15) is 5.84 Å². The van der Waals surface area contributed by atoms with Crippen molar-refractivity contribution in [1.82, 2.24) is 10.9 Å². The molecule has 0 spiro atoms. The van der Waals surface area contributed by atoms with Crippen LogP contribution in [0.25, 0.3) is 0 Å². The molecule has 0 aromatic rings. The molecule has 1 unspecified atom stereocenters. The Morgan fingerprint density at radius 2 is 2.31 bits per heavy atom. The van der Waals surface area contributed by atoms with Gasteiger partial charge in [-0.05, 0) is 13.8 Å². The lowest BCUT2D eigenvalue weighted by Crippen LogP contribution is -2.53. The topological polar surface area (TPSA) is 79.8 Å². The number of aliphatic imine (C=N–C) groups is 1. The monoisotopic (exact) mass is 185 g/mol. The zero-order chi connectivity index (χ0) is 9.84. The minimum absolute atomic E-state index is 0.241. The quantitative estimate of drug-likeness (QED) is 0.426. The van der Waals surface area contributed by atoms with Crippen molar-refractivity contribution in [3.05, 3.63) is 0 Å². The molecule has 1 aliphatic rings. The van der Waals surface area contributed by atoms with Gasteiger partial charge in [0.05, 0.1) is 6.61 Å². The molecule has 0 saturated heterocycles. The molecule has 1 aliphatic heterocycles. The first-order chi connectivity index (χ1) is 6.15. The fraction of sp³-hybridized carbons (Fsp3) is 0.571. The van der Waals surface area contributed by atoms with Gasteiger partial charge in [0.15, 0.2) is 0 Å². The molecule has 0 fully saturated rings. The molecule has 0 saturated carbocycles. The minimum Gasteiger partial charge on any atom is -0.464 e. The Balaban J connectivity index is 2.71. The van der Waals surface area contributed by atoms with Gasteiger partial charge in [-0.25, -0.2) is 9.79 Å². The molecular formula is C7H11N3O3. The number of ether oxygens (including phenoxy) is 1. The number of esters is 1. The van der Waals surface area contributed by atoms with Gasteiger partial charge < -0.3 is 4.74 Å². The molecule has 13 heavy (non-hydrogen) atoms. The maximum absolute atomic E-state index is 11.1. The molecule has 1 rings (SSSR count). The molecular weight excluding hydrogens is 174 g/mol. The summed E-state index contributed by atoms with van der Waals surface area (Å²) in [6.45, 7) is 3.56. The van der Waals surface area contributed by atoms with Crippen molar-refractivity contribution >= 4 is 17.7 Å². The van der Waals surface area contributed by atoms with Crippen LogP contribution >= 0.6 is 0 Å². The van der Waals surface area contributed by atoms with E-state index in [4.69, 9.17) is 0 Å². The van der Waals surface area contributed by atoms with Crippen LogP contribution in [0.4, 0.5) is 0 Å². The van der Waals surface area contributed by atoms with Gasteiger partial charge in [-0.3, -0.25) is 15.6 Å². The molecule has 0 radical (unpaired) electrons. The third-order valence-corrected chi connectivity index (χ3v) is 1.45. The van der Waals surface area contributed by atoms with Crippen LogP contribution in [0.15, 0.2) is 4.99 Å². The van der Waals surface area contributed by atoms with E-state index in [-0.39, 0.29) is 6.61 Å². The van der Waals surface area contributed by atoms with Crippen molar-refractivity contribution in [3.8, 4) is 0 Å². The third-order valence-electron chi connectivity index (χ3n) is 1.45. The SMILES string of the molecule is CCOC(=O)C1N=C(C)NNC1=O. The molecule has 1 heterocycles. The van der Waals surface area contributed by atoms with Crippen LogP contribution in [0.3, 0.4) is 0 Å². The van der Waals surface area contributed by atoms with Crippen LogP contribution in [-0.2, 0) is 14.3 Å². The molecule has 6 heteroatoms. The van der Waals surface area contributed by atoms with Crippen LogP contribution in [-0.4, -0.2) is 30.4 Å². The fourth-order valence-corrected chi connectivity index (χ4v) is 0.886. The number of carbonyl (C=O) groups excluding carboxylic acids is 2. The first-order valence-corrected chi connectivity index (χ1v) is 3.92. The summed E-state index contributed by atoms with van der Waals surface area (Å²) in [5.74, 6) is -0.637. The number of amidine groups is 1. The molecule has 6 nitrogen and oxygen atoms in total. The van der Waals surface area contributed by atoms with Gasteiger partial charge in [-0.15, -0.1) is 0 Å². The van der Waals surface area contributed by atoms with Gasteiger partial charge in [0.25, 0.3) is 5.91 Å². The second-order valence-electron chi connectivity index (χ2n) is 2.48. The zero-order valence-corrected chi connectivity index (χ0v) is 7.46. The highest BCUT2D eigenvalue weighted by atomic mass is 16.5. The Kier molecular flexibility index (Phi) is 2.84. The minimum atomic E-state index is -1.07. The average Bonchev–Trinajstić information content (AvgIpc) is 2.09. The van der Waals surface area contributed by atoms with Crippen molar-refractivity contribution < 1.29 is 14.3 Å². The van der Waals surface area contributed by atoms with Crippen molar-refractivity contribution in [1.29, 1.82) is 0 Å². The lowest BCUT2D eigenvalue weighted by Gasteiger charge is -2.18. The molecule has 1 amide bonds. The third kappa shape index (κ3) is 2.17. The van der Waals surface area contributed by atoms with Crippen LogP contribution < -0.4 is 10.9 Å². The second-order valence-corrected chi connectivity index (χ2v) is 2.48. The number of rotatable bonds is 2. The Bertz CT molecular complexity index is 262. The molecule has 0 aromatic heterocycles. The molecule has 0 aromatic carbocycles. The van der Waals surface area contributed by atoms with E-state index in [1.54, 1.807) is 13.8 Å². The summed E-state index contributed by atoms with van der Waals surface area (Å²) in [5.41, 5.74) is 4.80. The summed E-state index contributed by atoms with van der Waals surface area (Å²) < 4.78 is 4.67. The van der Waals surface area contributed by atoms with E-state index in [1.807, 2.05) is 0 Å². The maximum Gasteiger partial charge on any atom is 0.340 e. The summed E-state index contributed by atoms with van der Waals surface area (Å²) in [4.78, 5) is 26.0. The number of nitrogens with zero attached hydrogens (tertiary/aromatic N) is 1. The van der Waals surface area contributed by atoms with Gasteiger partial charge >= 0.3 is 5.97 Å². The Morgan fingerprint density at radius 1 is 1.62 bits per heavy atom. The highest BCUT2D eigenvalue weighted by Gasteiger charge is 2.30. The first kappa shape index (κ1) is 9.50. The average molecular weight is 185 g/mol. The molecule has 2 N–H and O–H groups in total. The summed E-state index contributed by atoms with van der Waals surface area (Å²) in [7, 11) is 0. The highest BCUT2D eigenvalue weighted by Crippen LogP contribution is 1.99. The van der Waals surface area contributed by atoms with Gasteiger partial charge in [-0.2, -0.15) is 0 Å². The molecule has 1 atom stereocenters. The summed E-state index contributed by atoms with van der Waals surface area (Å²) in [5, 5.41) is 0. The highest BCUT2D eigenvalue weighted by molar-refractivity contribution is 6.06. The summed E-state index contributed by atoms with van der Waals surface area (Å²) in [6.07, 6.45) is 0. The van der Waals surface area contributed by atoms with Crippen molar-refractivity contribution in [2.45, 2.75) is 19.9 Å². The lowest BCUT2D eigenvalue weighted by molar-refractivity contribution is -0.148. The van der Waals surface area contributed by atoms with Crippen LogP contribution in [0.5, 0.6) is 0 Å². The standard InChI is InChI=1S/C7H11N3O3/c1-3-13-7(12)5-6(11)10-9-4(2)8-5/h5H,3H2,1-2H3,(H,8,9)(H,10,11).